The van der Waals surface area contributed by atoms with Gasteiger partial charge in [-0.2, -0.15) is 0 Å². The van der Waals surface area contributed by atoms with Gasteiger partial charge in [0.05, 0.1) is 16.3 Å². The molecule has 0 unspecified atom stereocenters. The van der Waals surface area contributed by atoms with Crippen LogP contribution in [0.25, 0.3) is 0 Å². The third kappa shape index (κ3) is 3.24. The summed E-state index contributed by atoms with van der Waals surface area (Å²) < 4.78 is 0.683. The van der Waals surface area contributed by atoms with Gasteiger partial charge in [0.2, 0.25) is 0 Å². The maximum atomic E-state index is 12.1. The zero-order chi connectivity index (χ0) is 14.0. The normalized spacial score (nSPS) is 10.3. The minimum atomic E-state index is -0.348. The van der Waals surface area contributed by atoms with Gasteiger partial charge < -0.3 is 11.1 Å². The fraction of sp³-hybridized carbons (Fsp3) is 0.0769. The fourth-order valence-corrected chi connectivity index (χ4v) is 2.05. The van der Waals surface area contributed by atoms with Gasteiger partial charge in [0.1, 0.15) is 5.82 Å². The van der Waals surface area contributed by atoms with E-state index in [9.17, 15) is 4.79 Å². The molecule has 98 valence electrons. The number of amides is 1. The Labute approximate surface area is 124 Å². The van der Waals surface area contributed by atoms with Crippen LogP contribution in [0.1, 0.15) is 15.9 Å². The zero-order valence-electron chi connectivity index (χ0n) is 10.1. The maximum absolute atomic E-state index is 12.1. The quantitative estimate of drug-likeness (QED) is 0.877. The van der Waals surface area contributed by atoms with E-state index < -0.39 is 0 Å². The van der Waals surface area contributed by atoms with E-state index in [4.69, 9.17) is 17.3 Å². The lowest BCUT2D eigenvalue weighted by molar-refractivity contribution is 0.102. The average molecular weight is 341 g/mol. The van der Waals surface area contributed by atoms with Gasteiger partial charge in [0.15, 0.2) is 0 Å². The van der Waals surface area contributed by atoms with Crippen LogP contribution in [0.4, 0.5) is 11.5 Å². The molecule has 1 aromatic carbocycles. The topological polar surface area (TPSA) is 68.0 Å². The van der Waals surface area contributed by atoms with Crippen molar-refractivity contribution in [1.29, 1.82) is 0 Å². The molecule has 1 amide bonds. The van der Waals surface area contributed by atoms with E-state index in [0.717, 1.165) is 5.56 Å². The van der Waals surface area contributed by atoms with Crippen LogP contribution in [0.3, 0.4) is 0 Å². The third-order valence-electron chi connectivity index (χ3n) is 2.50. The van der Waals surface area contributed by atoms with E-state index in [1.807, 2.05) is 13.0 Å². The second-order valence-electron chi connectivity index (χ2n) is 4.02. The number of nitrogens with zero attached hydrogens (tertiary/aromatic N) is 1. The molecule has 19 heavy (non-hydrogen) atoms. The Bertz CT molecular complexity index is 646. The molecule has 0 bridgehead atoms. The second-order valence-corrected chi connectivity index (χ2v) is 5.35. The molecule has 1 aromatic heterocycles. The number of carbonyl (C=O) groups is 1. The van der Waals surface area contributed by atoms with Gasteiger partial charge in [-0.25, -0.2) is 4.98 Å². The maximum Gasteiger partial charge on any atom is 0.259 e. The number of carbonyl (C=O) groups excluding carboxylic acids is 1. The first kappa shape index (κ1) is 13.8. The van der Waals surface area contributed by atoms with Gasteiger partial charge in [0.25, 0.3) is 5.91 Å². The number of nitrogens with one attached hydrogen (secondary N) is 1. The van der Waals surface area contributed by atoms with Crippen molar-refractivity contribution in [3.63, 3.8) is 0 Å². The molecule has 0 aliphatic heterocycles. The van der Waals surface area contributed by atoms with E-state index in [0.29, 0.717) is 20.7 Å². The van der Waals surface area contributed by atoms with Crippen molar-refractivity contribution in [2.75, 3.05) is 11.1 Å². The Hall–Kier alpha value is -1.59. The highest BCUT2D eigenvalue weighted by Gasteiger charge is 2.13. The molecule has 0 saturated carbocycles. The summed E-state index contributed by atoms with van der Waals surface area (Å²) in [6, 6.07) is 7.01. The van der Waals surface area contributed by atoms with Crippen LogP contribution in [-0.2, 0) is 0 Å². The first-order valence-electron chi connectivity index (χ1n) is 5.46. The number of pyridine rings is 1. The summed E-state index contributed by atoms with van der Waals surface area (Å²) in [7, 11) is 0. The Morgan fingerprint density at radius 3 is 2.89 bits per heavy atom. The third-order valence-corrected chi connectivity index (χ3v) is 3.26. The highest BCUT2D eigenvalue weighted by Crippen LogP contribution is 2.24. The van der Waals surface area contributed by atoms with Crippen LogP contribution < -0.4 is 11.1 Å². The van der Waals surface area contributed by atoms with Crippen LogP contribution in [0, 0.1) is 6.92 Å². The molecule has 0 aliphatic rings. The van der Waals surface area contributed by atoms with Crippen LogP contribution in [0.2, 0.25) is 5.02 Å². The minimum Gasteiger partial charge on any atom is -0.383 e. The first-order valence-corrected chi connectivity index (χ1v) is 6.63. The van der Waals surface area contributed by atoms with E-state index in [1.165, 1.54) is 6.20 Å². The Morgan fingerprint density at radius 2 is 2.16 bits per heavy atom. The molecule has 6 heteroatoms. The minimum absolute atomic E-state index is 0.171. The van der Waals surface area contributed by atoms with Gasteiger partial charge in [0, 0.05) is 10.7 Å². The summed E-state index contributed by atoms with van der Waals surface area (Å²) in [6.45, 7) is 1.92. The van der Waals surface area contributed by atoms with Crippen LogP contribution in [-0.4, -0.2) is 10.9 Å². The molecule has 3 N–H and O–H groups in total. The zero-order valence-corrected chi connectivity index (χ0v) is 12.4. The number of nitrogen functional groups attached to an aromatic ring is 1. The summed E-state index contributed by atoms with van der Waals surface area (Å²) in [4.78, 5) is 16.1. The molecule has 0 radical (unpaired) electrons. The lowest BCUT2D eigenvalue weighted by Gasteiger charge is -2.09. The summed E-state index contributed by atoms with van der Waals surface area (Å²) in [5, 5.41) is 3.20. The highest BCUT2D eigenvalue weighted by molar-refractivity contribution is 9.10. The highest BCUT2D eigenvalue weighted by atomic mass is 79.9. The average Bonchev–Trinajstić information content (AvgIpc) is 2.36. The summed E-state index contributed by atoms with van der Waals surface area (Å²) >= 11 is 9.28. The summed E-state index contributed by atoms with van der Waals surface area (Å²) in [5.41, 5.74) is 7.53. The van der Waals surface area contributed by atoms with Crippen molar-refractivity contribution in [2.24, 2.45) is 0 Å². The molecular weight excluding hydrogens is 330 g/mol. The van der Waals surface area contributed by atoms with E-state index in [-0.39, 0.29) is 11.7 Å². The SMILES string of the molecule is Cc1ccc(Cl)c(NC(=O)c2cc(Br)cnc2N)c1. The van der Waals surface area contributed by atoms with Crippen LogP contribution in [0.15, 0.2) is 34.9 Å². The van der Waals surface area contributed by atoms with Gasteiger partial charge >= 0.3 is 0 Å². The smallest absolute Gasteiger partial charge is 0.259 e. The lowest BCUT2D eigenvalue weighted by atomic mass is 10.2. The number of aryl methyl sites for hydroxylation is 1. The Morgan fingerprint density at radius 1 is 1.42 bits per heavy atom. The van der Waals surface area contributed by atoms with Crippen molar-refractivity contribution in [3.8, 4) is 0 Å². The molecule has 2 rings (SSSR count). The number of rotatable bonds is 2. The molecule has 0 fully saturated rings. The number of aromatic nitrogens is 1. The molecular formula is C13H11BrClN3O. The predicted molar refractivity (Wildman–Crippen MR) is 80.5 cm³/mol. The van der Waals surface area contributed by atoms with Crippen LogP contribution in [0.5, 0.6) is 0 Å². The lowest BCUT2D eigenvalue weighted by Crippen LogP contribution is -2.15. The van der Waals surface area contributed by atoms with E-state index in [1.54, 1.807) is 18.2 Å². The van der Waals surface area contributed by atoms with Crippen molar-refractivity contribution >= 4 is 44.9 Å². The van der Waals surface area contributed by atoms with Crippen LogP contribution >= 0.6 is 27.5 Å². The van der Waals surface area contributed by atoms with Gasteiger partial charge in [-0.05, 0) is 46.6 Å². The molecule has 0 atom stereocenters. The number of anilines is 2. The molecule has 0 aliphatic carbocycles. The standard InChI is InChI=1S/C13H11BrClN3O/c1-7-2-3-10(15)11(4-7)18-13(19)9-5-8(14)6-17-12(9)16/h2-6H,1H3,(H2,16,17)(H,18,19). The summed E-state index contributed by atoms with van der Waals surface area (Å²) in [5.74, 6) is -0.178. The van der Waals surface area contributed by atoms with Crippen molar-refractivity contribution < 1.29 is 4.79 Å². The van der Waals surface area contributed by atoms with E-state index >= 15 is 0 Å². The number of benzene rings is 1. The monoisotopic (exact) mass is 339 g/mol. The number of hydrogen-bond donors (Lipinski definition) is 2. The molecule has 0 spiro atoms. The van der Waals surface area contributed by atoms with Crippen molar-refractivity contribution in [3.05, 3.63) is 51.1 Å². The van der Waals surface area contributed by atoms with Crippen molar-refractivity contribution in [1.82, 2.24) is 4.98 Å². The first-order chi connectivity index (χ1) is 8.97. The Balaban J connectivity index is 2.30. The summed E-state index contributed by atoms with van der Waals surface area (Å²) in [6.07, 6.45) is 1.53. The van der Waals surface area contributed by atoms with Crippen molar-refractivity contribution in [2.45, 2.75) is 6.92 Å². The molecule has 2 aromatic rings. The van der Waals surface area contributed by atoms with E-state index in [2.05, 4.69) is 26.2 Å². The van der Waals surface area contributed by atoms with Gasteiger partial charge in [-0.15, -0.1) is 0 Å². The number of hydrogen-bond acceptors (Lipinski definition) is 3. The predicted octanol–water partition coefficient (Wildman–Crippen LogP) is 3.64. The molecule has 4 nitrogen and oxygen atoms in total. The van der Waals surface area contributed by atoms with Gasteiger partial charge in [-0.3, -0.25) is 4.79 Å². The largest absolute Gasteiger partial charge is 0.383 e. The van der Waals surface area contributed by atoms with Gasteiger partial charge in [-0.1, -0.05) is 17.7 Å². The molecule has 1 heterocycles. The number of halogens is 2. The second kappa shape index (κ2) is 5.59. The number of nitrogens with two attached hydrogens (primary N) is 1. The fourth-order valence-electron chi connectivity index (χ4n) is 1.56. The molecule has 0 saturated heterocycles. The Kier molecular flexibility index (Phi) is 4.07.